The minimum atomic E-state index is -0.00759. The molecule has 0 saturated carbocycles. The summed E-state index contributed by atoms with van der Waals surface area (Å²) < 4.78 is 1.54. The standard InChI is InChI=1S/C13H16N4O/c1-2-17(12-6-4-3-5-7-12)13(18)10-16-9-11(14)8-15-16/h3-9H,2,10,14H2,1H3. The molecule has 18 heavy (non-hydrogen) atoms. The van der Waals surface area contributed by atoms with E-state index < -0.39 is 0 Å². The number of carbonyl (C=O) groups is 1. The third-order valence-electron chi connectivity index (χ3n) is 2.64. The SMILES string of the molecule is CCN(C(=O)Cn1cc(N)cn1)c1ccccc1. The average Bonchev–Trinajstić information content (AvgIpc) is 2.77. The number of anilines is 2. The zero-order chi connectivity index (χ0) is 13.0. The van der Waals surface area contributed by atoms with E-state index in [9.17, 15) is 4.79 Å². The van der Waals surface area contributed by atoms with Gasteiger partial charge in [-0.2, -0.15) is 5.10 Å². The number of hydrogen-bond acceptors (Lipinski definition) is 3. The quantitative estimate of drug-likeness (QED) is 0.886. The smallest absolute Gasteiger partial charge is 0.248 e. The molecule has 0 saturated heterocycles. The molecule has 2 N–H and O–H groups in total. The van der Waals surface area contributed by atoms with E-state index in [2.05, 4.69) is 5.10 Å². The number of para-hydroxylation sites is 1. The molecule has 2 aromatic rings. The normalized spacial score (nSPS) is 10.3. The molecule has 0 radical (unpaired) electrons. The average molecular weight is 244 g/mol. The third-order valence-corrected chi connectivity index (χ3v) is 2.64. The van der Waals surface area contributed by atoms with E-state index in [1.54, 1.807) is 15.8 Å². The summed E-state index contributed by atoms with van der Waals surface area (Å²) >= 11 is 0. The molecule has 0 unspecified atom stereocenters. The number of nitrogen functional groups attached to an aromatic ring is 1. The molecule has 1 aromatic carbocycles. The summed E-state index contributed by atoms with van der Waals surface area (Å²) in [5.74, 6) is -0.00759. The highest BCUT2D eigenvalue weighted by molar-refractivity contribution is 5.93. The summed E-state index contributed by atoms with van der Waals surface area (Å²) in [7, 11) is 0. The first-order valence-electron chi connectivity index (χ1n) is 5.84. The number of nitrogens with zero attached hydrogens (tertiary/aromatic N) is 3. The third kappa shape index (κ3) is 2.68. The van der Waals surface area contributed by atoms with Gasteiger partial charge in [0.15, 0.2) is 0 Å². The topological polar surface area (TPSA) is 64.2 Å². The fourth-order valence-corrected chi connectivity index (χ4v) is 1.80. The first-order chi connectivity index (χ1) is 8.70. The summed E-state index contributed by atoms with van der Waals surface area (Å²) in [5.41, 5.74) is 7.02. The highest BCUT2D eigenvalue weighted by Crippen LogP contribution is 2.13. The predicted molar refractivity (Wildman–Crippen MR) is 71.1 cm³/mol. The molecule has 0 aliphatic heterocycles. The van der Waals surface area contributed by atoms with Gasteiger partial charge in [0.25, 0.3) is 0 Å². The highest BCUT2D eigenvalue weighted by atomic mass is 16.2. The van der Waals surface area contributed by atoms with Crippen molar-refractivity contribution in [1.82, 2.24) is 9.78 Å². The lowest BCUT2D eigenvalue weighted by Crippen LogP contribution is -2.33. The van der Waals surface area contributed by atoms with Gasteiger partial charge in [0.2, 0.25) is 5.91 Å². The predicted octanol–water partition coefficient (Wildman–Crippen LogP) is 1.52. The van der Waals surface area contributed by atoms with Crippen LogP contribution in [0.1, 0.15) is 6.92 Å². The van der Waals surface area contributed by atoms with E-state index in [1.807, 2.05) is 37.3 Å². The van der Waals surface area contributed by atoms with Crippen LogP contribution in [0, 0.1) is 0 Å². The van der Waals surface area contributed by atoms with Crippen molar-refractivity contribution in [2.24, 2.45) is 0 Å². The van der Waals surface area contributed by atoms with Gasteiger partial charge in [-0.15, -0.1) is 0 Å². The van der Waals surface area contributed by atoms with Gasteiger partial charge in [0, 0.05) is 18.4 Å². The van der Waals surface area contributed by atoms with E-state index >= 15 is 0 Å². The lowest BCUT2D eigenvalue weighted by molar-refractivity contribution is -0.119. The van der Waals surface area contributed by atoms with Crippen molar-refractivity contribution in [2.45, 2.75) is 13.5 Å². The van der Waals surface area contributed by atoms with Crippen LogP contribution < -0.4 is 10.6 Å². The molecule has 0 aliphatic rings. The Kier molecular flexibility index (Phi) is 3.62. The Morgan fingerprint density at radius 3 is 2.67 bits per heavy atom. The maximum Gasteiger partial charge on any atom is 0.248 e. The molecule has 0 aliphatic carbocycles. The molecular formula is C13H16N4O. The van der Waals surface area contributed by atoms with Gasteiger partial charge in [0.1, 0.15) is 6.54 Å². The first-order valence-corrected chi connectivity index (χ1v) is 5.84. The van der Waals surface area contributed by atoms with Crippen molar-refractivity contribution >= 4 is 17.3 Å². The van der Waals surface area contributed by atoms with Crippen molar-refractivity contribution in [1.29, 1.82) is 0 Å². The first kappa shape index (κ1) is 12.2. The Bertz CT molecular complexity index is 521. The van der Waals surface area contributed by atoms with Gasteiger partial charge in [-0.3, -0.25) is 9.48 Å². The van der Waals surface area contributed by atoms with Gasteiger partial charge in [0.05, 0.1) is 11.9 Å². The Morgan fingerprint density at radius 2 is 2.11 bits per heavy atom. The van der Waals surface area contributed by atoms with Crippen molar-refractivity contribution in [3.8, 4) is 0 Å². The number of nitrogens with two attached hydrogens (primary N) is 1. The number of rotatable bonds is 4. The van der Waals surface area contributed by atoms with Gasteiger partial charge in [-0.1, -0.05) is 18.2 Å². The Morgan fingerprint density at radius 1 is 1.39 bits per heavy atom. The van der Waals surface area contributed by atoms with Crippen molar-refractivity contribution < 1.29 is 4.79 Å². The molecular weight excluding hydrogens is 228 g/mol. The number of aromatic nitrogens is 2. The Labute approximate surface area is 106 Å². The largest absolute Gasteiger partial charge is 0.396 e. The summed E-state index contributed by atoms with van der Waals surface area (Å²) in [6, 6.07) is 9.59. The van der Waals surface area contributed by atoms with Crippen LogP contribution in [0.3, 0.4) is 0 Å². The summed E-state index contributed by atoms with van der Waals surface area (Å²) in [5, 5.41) is 4.01. The van der Waals surface area contributed by atoms with E-state index in [1.165, 1.54) is 6.20 Å². The second-order valence-corrected chi connectivity index (χ2v) is 3.94. The molecule has 0 atom stereocenters. The summed E-state index contributed by atoms with van der Waals surface area (Å²) in [4.78, 5) is 13.9. The van der Waals surface area contributed by atoms with E-state index in [-0.39, 0.29) is 12.5 Å². The van der Waals surface area contributed by atoms with Crippen molar-refractivity contribution in [3.05, 3.63) is 42.7 Å². The minimum absolute atomic E-state index is 0.00759. The van der Waals surface area contributed by atoms with Crippen LogP contribution in [0.15, 0.2) is 42.7 Å². The fraction of sp³-hybridized carbons (Fsp3) is 0.231. The molecule has 1 amide bonds. The zero-order valence-electron chi connectivity index (χ0n) is 10.3. The number of carbonyl (C=O) groups excluding carboxylic acids is 1. The van der Waals surface area contributed by atoms with Crippen LogP contribution in [0.5, 0.6) is 0 Å². The lowest BCUT2D eigenvalue weighted by atomic mass is 10.3. The monoisotopic (exact) mass is 244 g/mol. The number of benzene rings is 1. The Hall–Kier alpha value is -2.30. The highest BCUT2D eigenvalue weighted by Gasteiger charge is 2.14. The van der Waals surface area contributed by atoms with Gasteiger partial charge in [-0.05, 0) is 19.1 Å². The van der Waals surface area contributed by atoms with Crippen LogP contribution in [0.2, 0.25) is 0 Å². The zero-order valence-corrected chi connectivity index (χ0v) is 10.3. The molecule has 0 fully saturated rings. The van der Waals surface area contributed by atoms with Crippen molar-refractivity contribution in [2.75, 3.05) is 17.2 Å². The number of hydrogen-bond donors (Lipinski definition) is 1. The van der Waals surface area contributed by atoms with Crippen molar-refractivity contribution in [3.63, 3.8) is 0 Å². The Balaban J connectivity index is 2.11. The molecule has 2 rings (SSSR count). The molecule has 0 bridgehead atoms. The van der Waals surface area contributed by atoms with E-state index in [0.717, 1.165) is 5.69 Å². The van der Waals surface area contributed by atoms with Crippen LogP contribution in [-0.2, 0) is 11.3 Å². The number of likely N-dealkylation sites (N-methyl/N-ethyl adjacent to an activating group) is 1. The molecule has 5 nitrogen and oxygen atoms in total. The van der Waals surface area contributed by atoms with E-state index in [0.29, 0.717) is 12.2 Å². The lowest BCUT2D eigenvalue weighted by Gasteiger charge is -2.20. The molecule has 0 spiro atoms. The van der Waals surface area contributed by atoms with Crippen LogP contribution >= 0.6 is 0 Å². The molecule has 1 heterocycles. The van der Waals surface area contributed by atoms with E-state index in [4.69, 9.17) is 5.73 Å². The molecule has 1 aromatic heterocycles. The van der Waals surface area contributed by atoms with Gasteiger partial charge >= 0.3 is 0 Å². The minimum Gasteiger partial charge on any atom is -0.396 e. The fourth-order valence-electron chi connectivity index (χ4n) is 1.80. The van der Waals surface area contributed by atoms with Crippen LogP contribution in [-0.4, -0.2) is 22.2 Å². The second-order valence-electron chi connectivity index (χ2n) is 3.94. The molecule has 94 valence electrons. The number of amides is 1. The second kappa shape index (κ2) is 5.35. The summed E-state index contributed by atoms with van der Waals surface area (Å²) in [6.07, 6.45) is 3.18. The maximum atomic E-state index is 12.2. The van der Waals surface area contributed by atoms with Crippen LogP contribution in [0.25, 0.3) is 0 Å². The molecule has 5 heteroatoms. The van der Waals surface area contributed by atoms with Gasteiger partial charge < -0.3 is 10.6 Å². The van der Waals surface area contributed by atoms with Crippen LogP contribution in [0.4, 0.5) is 11.4 Å². The van der Waals surface area contributed by atoms with Gasteiger partial charge in [-0.25, -0.2) is 0 Å². The summed E-state index contributed by atoms with van der Waals surface area (Å²) in [6.45, 7) is 2.77. The maximum absolute atomic E-state index is 12.2.